The Morgan fingerprint density at radius 3 is 2.38 bits per heavy atom. The van der Waals surface area contributed by atoms with Gasteiger partial charge in [-0.05, 0) is 37.6 Å². The number of hydrogen-bond donors (Lipinski definition) is 1. The first-order valence-corrected chi connectivity index (χ1v) is 10.8. The zero-order valence-corrected chi connectivity index (χ0v) is 19.5. The molecule has 0 aliphatic heterocycles. The van der Waals surface area contributed by atoms with Crippen molar-refractivity contribution in [2.75, 3.05) is 27.9 Å². The second-order valence-corrected chi connectivity index (χ2v) is 7.58. The monoisotopic (exact) mass is 462 g/mol. The lowest BCUT2D eigenvalue weighted by molar-refractivity contribution is 0.0954. The molecule has 34 heavy (non-hydrogen) atoms. The molecule has 0 aliphatic rings. The largest absolute Gasteiger partial charge is 0.493 e. The van der Waals surface area contributed by atoms with E-state index in [0.29, 0.717) is 65.1 Å². The van der Waals surface area contributed by atoms with Gasteiger partial charge in [0.25, 0.3) is 5.91 Å². The number of nitrogens with one attached hydrogen (secondary N) is 1. The summed E-state index contributed by atoms with van der Waals surface area (Å²) in [5, 5.41) is 7.53. The van der Waals surface area contributed by atoms with Crippen LogP contribution in [-0.4, -0.2) is 48.9 Å². The van der Waals surface area contributed by atoms with E-state index in [-0.39, 0.29) is 5.91 Å². The Labute approximate surface area is 197 Å². The summed E-state index contributed by atoms with van der Waals surface area (Å²) < 4.78 is 21.5. The number of aryl methyl sites for hydroxylation is 2. The Morgan fingerprint density at radius 1 is 1.00 bits per heavy atom. The number of pyridine rings is 1. The SMILES string of the molecule is COc1cc(-c2cc(C(=O)NCCCc3nc(C)no3)c3ccccc3n2)cc(OC)c1OC. The van der Waals surface area contributed by atoms with Crippen molar-refractivity contribution in [2.45, 2.75) is 19.8 Å². The maximum Gasteiger partial charge on any atom is 0.252 e. The molecular formula is C25H26N4O5. The smallest absolute Gasteiger partial charge is 0.252 e. The van der Waals surface area contributed by atoms with Crippen molar-refractivity contribution in [3.63, 3.8) is 0 Å². The highest BCUT2D eigenvalue weighted by atomic mass is 16.5. The molecule has 0 atom stereocenters. The van der Waals surface area contributed by atoms with Gasteiger partial charge in [0.2, 0.25) is 11.6 Å². The van der Waals surface area contributed by atoms with E-state index in [4.69, 9.17) is 23.7 Å². The van der Waals surface area contributed by atoms with Gasteiger partial charge in [-0.3, -0.25) is 4.79 Å². The molecule has 1 amide bonds. The molecule has 1 N–H and O–H groups in total. The van der Waals surface area contributed by atoms with Crippen molar-refractivity contribution >= 4 is 16.8 Å². The van der Waals surface area contributed by atoms with Crippen molar-refractivity contribution < 1.29 is 23.5 Å². The summed E-state index contributed by atoms with van der Waals surface area (Å²) in [6, 6.07) is 12.9. The van der Waals surface area contributed by atoms with Crippen molar-refractivity contribution in [3.8, 4) is 28.5 Å². The number of ether oxygens (including phenoxy) is 3. The van der Waals surface area contributed by atoms with Crippen LogP contribution >= 0.6 is 0 Å². The number of amides is 1. The number of carbonyl (C=O) groups excluding carboxylic acids is 1. The number of aromatic nitrogens is 3. The Bertz CT molecular complexity index is 1290. The molecule has 2 heterocycles. The standard InChI is InChI=1S/C25H26N4O5/c1-15-27-23(34-29-15)10-7-11-26-25(30)18-14-20(28-19-9-6-5-8-17(18)19)16-12-21(31-2)24(33-4)22(13-16)32-3/h5-6,8-9,12-14H,7,10-11H2,1-4H3,(H,26,30). The number of methoxy groups -OCH3 is 3. The quantitative estimate of drug-likeness (QED) is 0.372. The van der Waals surface area contributed by atoms with Crippen molar-refractivity contribution in [1.29, 1.82) is 0 Å². The third-order valence-electron chi connectivity index (χ3n) is 5.34. The summed E-state index contributed by atoms with van der Waals surface area (Å²) in [4.78, 5) is 22.1. The highest BCUT2D eigenvalue weighted by Crippen LogP contribution is 2.41. The molecule has 2 aromatic heterocycles. The number of carbonyl (C=O) groups is 1. The fraction of sp³-hybridized carbons (Fsp3) is 0.280. The van der Waals surface area contributed by atoms with E-state index in [0.717, 1.165) is 10.9 Å². The predicted molar refractivity (Wildman–Crippen MR) is 127 cm³/mol. The van der Waals surface area contributed by atoms with E-state index in [2.05, 4.69) is 15.5 Å². The van der Waals surface area contributed by atoms with Gasteiger partial charge in [0.05, 0.1) is 38.1 Å². The van der Waals surface area contributed by atoms with Gasteiger partial charge in [-0.25, -0.2) is 4.98 Å². The zero-order chi connectivity index (χ0) is 24.1. The van der Waals surface area contributed by atoms with Crippen LogP contribution in [0.2, 0.25) is 0 Å². The first-order chi connectivity index (χ1) is 16.5. The molecule has 9 nitrogen and oxygen atoms in total. The van der Waals surface area contributed by atoms with Gasteiger partial charge in [-0.15, -0.1) is 0 Å². The van der Waals surface area contributed by atoms with Crippen molar-refractivity contribution in [2.24, 2.45) is 0 Å². The molecule has 0 spiro atoms. The molecule has 0 saturated carbocycles. The van der Waals surface area contributed by atoms with Crippen LogP contribution in [0.1, 0.15) is 28.5 Å². The van der Waals surface area contributed by atoms with E-state index < -0.39 is 0 Å². The first-order valence-electron chi connectivity index (χ1n) is 10.8. The van der Waals surface area contributed by atoms with Crippen LogP contribution in [0.5, 0.6) is 17.2 Å². The van der Waals surface area contributed by atoms with Crippen LogP contribution < -0.4 is 19.5 Å². The van der Waals surface area contributed by atoms with E-state index in [1.807, 2.05) is 36.4 Å². The highest BCUT2D eigenvalue weighted by Gasteiger charge is 2.18. The Hall–Kier alpha value is -4.14. The lowest BCUT2D eigenvalue weighted by Crippen LogP contribution is -2.25. The summed E-state index contributed by atoms with van der Waals surface area (Å²) in [5.74, 6) is 2.48. The maximum atomic E-state index is 13.1. The molecule has 0 fully saturated rings. The van der Waals surface area contributed by atoms with Gasteiger partial charge in [0, 0.05) is 23.9 Å². The second kappa shape index (κ2) is 10.2. The number of fused-ring (bicyclic) bond motifs is 1. The minimum Gasteiger partial charge on any atom is -0.493 e. The van der Waals surface area contributed by atoms with Gasteiger partial charge in [-0.2, -0.15) is 4.98 Å². The van der Waals surface area contributed by atoms with Crippen LogP contribution in [0.4, 0.5) is 0 Å². The number of rotatable bonds is 9. The van der Waals surface area contributed by atoms with E-state index in [1.54, 1.807) is 34.3 Å². The minimum absolute atomic E-state index is 0.186. The predicted octanol–water partition coefficient (Wildman–Crippen LogP) is 3.98. The summed E-state index contributed by atoms with van der Waals surface area (Å²) in [6.45, 7) is 2.24. The Morgan fingerprint density at radius 2 is 1.74 bits per heavy atom. The lowest BCUT2D eigenvalue weighted by Gasteiger charge is -2.15. The molecule has 0 bridgehead atoms. The fourth-order valence-electron chi connectivity index (χ4n) is 3.72. The van der Waals surface area contributed by atoms with E-state index in [9.17, 15) is 4.79 Å². The van der Waals surface area contributed by atoms with E-state index in [1.165, 1.54) is 0 Å². The molecule has 4 aromatic rings. The molecular weight excluding hydrogens is 436 g/mol. The third-order valence-corrected chi connectivity index (χ3v) is 5.34. The maximum absolute atomic E-state index is 13.1. The first kappa shape index (κ1) is 23.0. The van der Waals surface area contributed by atoms with Crippen molar-refractivity contribution in [3.05, 3.63) is 59.7 Å². The molecule has 0 aliphatic carbocycles. The van der Waals surface area contributed by atoms with Gasteiger partial charge in [0.1, 0.15) is 0 Å². The zero-order valence-electron chi connectivity index (χ0n) is 19.5. The topological polar surface area (TPSA) is 109 Å². The van der Waals surface area contributed by atoms with Crippen LogP contribution in [0.25, 0.3) is 22.2 Å². The average Bonchev–Trinajstić information content (AvgIpc) is 3.29. The van der Waals surface area contributed by atoms with Crippen LogP contribution in [0, 0.1) is 6.92 Å². The highest BCUT2D eigenvalue weighted by molar-refractivity contribution is 6.07. The summed E-state index contributed by atoms with van der Waals surface area (Å²) in [5.41, 5.74) is 2.59. The number of nitrogens with zero attached hydrogens (tertiary/aromatic N) is 3. The second-order valence-electron chi connectivity index (χ2n) is 7.58. The number of hydrogen-bond acceptors (Lipinski definition) is 8. The third kappa shape index (κ3) is 4.78. The summed E-state index contributed by atoms with van der Waals surface area (Å²) in [6.07, 6.45) is 1.27. The molecule has 0 unspecified atom stereocenters. The minimum atomic E-state index is -0.186. The molecule has 4 rings (SSSR count). The molecule has 2 aromatic carbocycles. The normalized spacial score (nSPS) is 10.8. The molecule has 0 radical (unpaired) electrons. The average molecular weight is 463 g/mol. The molecule has 0 saturated heterocycles. The summed E-state index contributed by atoms with van der Waals surface area (Å²) >= 11 is 0. The molecule has 176 valence electrons. The van der Waals surface area contributed by atoms with Crippen molar-refractivity contribution in [1.82, 2.24) is 20.4 Å². The fourth-order valence-corrected chi connectivity index (χ4v) is 3.72. The summed E-state index contributed by atoms with van der Waals surface area (Å²) in [7, 11) is 4.67. The lowest BCUT2D eigenvalue weighted by atomic mass is 10.0. The van der Waals surface area contributed by atoms with E-state index >= 15 is 0 Å². The van der Waals surface area contributed by atoms with Crippen LogP contribution in [0.15, 0.2) is 47.0 Å². The van der Waals surface area contributed by atoms with Gasteiger partial charge in [-0.1, -0.05) is 23.4 Å². The van der Waals surface area contributed by atoms with Gasteiger partial charge >= 0.3 is 0 Å². The van der Waals surface area contributed by atoms with Gasteiger partial charge in [0.15, 0.2) is 17.3 Å². The van der Waals surface area contributed by atoms with Gasteiger partial charge < -0.3 is 24.1 Å². The van der Waals surface area contributed by atoms with Crippen LogP contribution in [0.3, 0.4) is 0 Å². The number of benzene rings is 2. The van der Waals surface area contributed by atoms with Crippen LogP contribution in [-0.2, 0) is 6.42 Å². The number of para-hydroxylation sites is 1. The Balaban J connectivity index is 1.63. The molecule has 9 heteroatoms. The Kier molecular flexibility index (Phi) is 6.91.